The normalized spacial score (nSPS) is 16.5. The van der Waals surface area contributed by atoms with E-state index < -0.39 is 5.91 Å². The molecule has 2 aromatic rings. The average Bonchev–Trinajstić information content (AvgIpc) is 2.87. The summed E-state index contributed by atoms with van der Waals surface area (Å²) in [5, 5.41) is 7.70. The lowest BCUT2D eigenvalue weighted by Gasteiger charge is -2.24. The number of aryl methyl sites for hydroxylation is 1. The summed E-state index contributed by atoms with van der Waals surface area (Å²) < 4.78 is 2.10. The molecule has 0 N–H and O–H groups in total. The second-order valence-electron chi connectivity index (χ2n) is 5.26. The lowest BCUT2D eigenvalue weighted by Crippen LogP contribution is -2.22. The van der Waals surface area contributed by atoms with E-state index in [2.05, 4.69) is 24.6 Å². The van der Waals surface area contributed by atoms with Gasteiger partial charge in [0, 0.05) is 39.5 Å². The van der Waals surface area contributed by atoms with E-state index in [0.29, 0.717) is 18.5 Å². The van der Waals surface area contributed by atoms with Gasteiger partial charge in [0.1, 0.15) is 0 Å². The van der Waals surface area contributed by atoms with Crippen molar-refractivity contribution in [3.63, 3.8) is 0 Å². The maximum absolute atomic E-state index is 12.2. The van der Waals surface area contributed by atoms with Crippen LogP contribution in [-0.4, -0.2) is 17.0 Å². The fraction of sp³-hybridized carbons (Fsp3) is 0.357. The van der Waals surface area contributed by atoms with Crippen LogP contribution in [0.2, 0.25) is 0 Å². The molecule has 0 aliphatic carbocycles. The number of amides is 1. The molecule has 0 fully saturated rings. The van der Waals surface area contributed by atoms with Gasteiger partial charge in [0.2, 0.25) is 0 Å². The van der Waals surface area contributed by atoms with Crippen LogP contribution in [0.4, 0.5) is 0 Å². The summed E-state index contributed by atoms with van der Waals surface area (Å²) in [5.74, 6) is -0.359. The van der Waals surface area contributed by atoms with Gasteiger partial charge in [0.15, 0.2) is 0 Å². The molecule has 110 valence electrons. The van der Waals surface area contributed by atoms with Gasteiger partial charge in [-0.3, -0.25) is 4.79 Å². The van der Waals surface area contributed by atoms with Crippen molar-refractivity contribution in [2.75, 3.05) is 6.54 Å². The highest BCUT2D eigenvalue weighted by atomic mass is 16.1. The van der Waals surface area contributed by atoms with E-state index in [4.69, 9.17) is 11.1 Å². The summed E-state index contributed by atoms with van der Waals surface area (Å²) in [5.41, 5.74) is 19.3. The minimum Gasteiger partial charge on any atom is -0.344 e. The molecule has 2 heterocycles. The largest absolute Gasteiger partial charge is 0.344 e. The second-order valence-corrected chi connectivity index (χ2v) is 5.26. The molecule has 1 aromatic carbocycles. The first-order chi connectivity index (χ1) is 10.8. The van der Waals surface area contributed by atoms with Crippen molar-refractivity contribution in [3.05, 3.63) is 56.4 Å². The number of azide groups is 2. The van der Waals surface area contributed by atoms with E-state index in [1.54, 1.807) is 0 Å². The standard InChI is InChI=1S/C14H13N7O/c15-19-17-8-9-5-6-21-11-4-2-1-3-10(11)13(12(21)7-9)14(22)18-20-16/h1-4,9H,5-8H2. The first-order valence-corrected chi connectivity index (χ1v) is 6.96. The maximum atomic E-state index is 12.2. The van der Waals surface area contributed by atoms with Crippen molar-refractivity contribution < 1.29 is 4.79 Å². The number of nitrogens with zero attached hydrogens (tertiary/aromatic N) is 7. The molecule has 1 aromatic heterocycles. The number of fused-ring (bicyclic) bond motifs is 3. The fourth-order valence-corrected chi connectivity index (χ4v) is 3.15. The molecule has 0 radical (unpaired) electrons. The summed E-state index contributed by atoms with van der Waals surface area (Å²) in [6.45, 7) is 1.16. The molecule has 1 atom stereocenters. The molecular weight excluding hydrogens is 282 g/mol. The van der Waals surface area contributed by atoms with Crippen molar-refractivity contribution in [3.8, 4) is 0 Å². The minimum absolute atomic E-state index is 0.199. The Labute approximate surface area is 125 Å². The molecular formula is C14H13N7O. The number of hydrogen-bond donors (Lipinski definition) is 0. The lowest BCUT2D eigenvalue weighted by atomic mass is 9.94. The maximum Gasteiger partial charge on any atom is 0.251 e. The molecule has 22 heavy (non-hydrogen) atoms. The quantitative estimate of drug-likeness (QED) is 0.475. The van der Waals surface area contributed by atoms with Crippen LogP contribution in [0.15, 0.2) is 34.5 Å². The summed E-state index contributed by atoms with van der Waals surface area (Å²) in [4.78, 5) is 17.6. The van der Waals surface area contributed by atoms with Crippen molar-refractivity contribution >= 4 is 16.8 Å². The van der Waals surface area contributed by atoms with E-state index in [1.165, 1.54) is 0 Å². The van der Waals surface area contributed by atoms with Crippen LogP contribution < -0.4 is 0 Å². The van der Waals surface area contributed by atoms with E-state index in [1.807, 2.05) is 24.3 Å². The Balaban J connectivity index is 2.15. The van der Waals surface area contributed by atoms with Gasteiger partial charge in [0.05, 0.1) is 5.56 Å². The zero-order valence-corrected chi connectivity index (χ0v) is 11.8. The van der Waals surface area contributed by atoms with Crippen LogP contribution >= 0.6 is 0 Å². The van der Waals surface area contributed by atoms with Gasteiger partial charge in [-0.05, 0) is 41.0 Å². The topological polar surface area (TPSA) is 120 Å². The Morgan fingerprint density at radius 3 is 2.91 bits per heavy atom. The first-order valence-electron chi connectivity index (χ1n) is 6.96. The molecule has 0 saturated heterocycles. The third-order valence-corrected chi connectivity index (χ3v) is 4.07. The lowest BCUT2D eigenvalue weighted by molar-refractivity contribution is 0.1000. The van der Waals surface area contributed by atoms with Crippen molar-refractivity contribution in [1.29, 1.82) is 0 Å². The van der Waals surface area contributed by atoms with Crippen molar-refractivity contribution in [2.45, 2.75) is 19.4 Å². The molecule has 1 unspecified atom stereocenters. The number of aromatic nitrogens is 1. The molecule has 3 rings (SSSR count). The highest BCUT2D eigenvalue weighted by Gasteiger charge is 2.27. The van der Waals surface area contributed by atoms with Gasteiger partial charge in [-0.15, -0.1) is 0 Å². The number of rotatable bonds is 3. The van der Waals surface area contributed by atoms with Crippen molar-refractivity contribution in [2.24, 2.45) is 16.1 Å². The number of carbonyl (C=O) groups excluding carboxylic acids is 1. The molecule has 0 bridgehead atoms. The zero-order valence-electron chi connectivity index (χ0n) is 11.8. The summed E-state index contributed by atoms with van der Waals surface area (Å²) >= 11 is 0. The Bertz CT molecular complexity index is 840. The van der Waals surface area contributed by atoms with Crippen LogP contribution in [0.3, 0.4) is 0 Å². The molecule has 1 amide bonds. The Morgan fingerprint density at radius 2 is 2.14 bits per heavy atom. The third kappa shape index (κ3) is 2.26. The van der Waals surface area contributed by atoms with Gasteiger partial charge in [-0.1, -0.05) is 23.3 Å². The van der Waals surface area contributed by atoms with Gasteiger partial charge in [0.25, 0.3) is 5.91 Å². The third-order valence-electron chi connectivity index (χ3n) is 4.07. The average molecular weight is 295 g/mol. The van der Waals surface area contributed by atoms with Crippen LogP contribution in [-0.2, 0) is 13.0 Å². The smallest absolute Gasteiger partial charge is 0.251 e. The van der Waals surface area contributed by atoms with Crippen LogP contribution in [0, 0.1) is 5.92 Å². The number of carbonyl (C=O) groups is 1. The monoisotopic (exact) mass is 295 g/mol. The van der Waals surface area contributed by atoms with E-state index in [9.17, 15) is 4.79 Å². The molecule has 8 heteroatoms. The molecule has 0 spiro atoms. The number of hydrogen-bond acceptors (Lipinski definition) is 2. The van der Waals surface area contributed by atoms with E-state index >= 15 is 0 Å². The highest BCUT2D eigenvalue weighted by molar-refractivity contribution is 6.09. The molecule has 1 aliphatic heterocycles. The molecule has 0 saturated carbocycles. The van der Waals surface area contributed by atoms with Crippen LogP contribution in [0.1, 0.15) is 22.5 Å². The summed E-state index contributed by atoms with van der Waals surface area (Å²) in [6, 6.07) is 7.60. The number of para-hydroxylation sites is 1. The second kappa shape index (κ2) is 5.81. The molecule has 1 aliphatic rings. The van der Waals surface area contributed by atoms with Crippen molar-refractivity contribution in [1.82, 2.24) is 4.57 Å². The first kappa shape index (κ1) is 14.0. The summed E-state index contributed by atoms with van der Waals surface area (Å²) in [7, 11) is 0. The predicted octanol–water partition coefficient (Wildman–Crippen LogP) is 3.96. The highest BCUT2D eigenvalue weighted by Crippen LogP contribution is 2.33. The van der Waals surface area contributed by atoms with Gasteiger partial charge in [-0.2, -0.15) is 0 Å². The van der Waals surface area contributed by atoms with E-state index in [0.717, 1.165) is 29.6 Å². The fourth-order valence-electron chi connectivity index (χ4n) is 3.15. The Kier molecular flexibility index (Phi) is 3.70. The SMILES string of the molecule is [N-]=[N+]=NCC1CCn2c(c(C(=O)N=[N+]=[N-])c3ccccc32)C1. The molecule has 8 nitrogen and oxygen atoms in total. The van der Waals surface area contributed by atoms with Crippen LogP contribution in [0.25, 0.3) is 31.8 Å². The van der Waals surface area contributed by atoms with Crippen LogP contribution in [0.5, 0.6) is 0 Å². The number of benzene rings is 1. The zero-order chi connectivity index (χ0) is 15.5. The Morgan fingerprint density at radius 1 is 1.32 bits per heavy atom. The predicted molar refractivity (Wildman–Crippen MR) is 81.2 cm³/mol. The Hall–Kier alpha value is -2.95. The minimum atomic E-state index is -0.558. The van der Waals surface area contributed by atoms with Gasteiger partial charge < -0.3 is 4.57 Å². The van der Waals surface area contributed by atoms with Gasteiger partial charge >= 0.3 is 0 Å². The summed E-state index contributed by atoms with van der Waals surface area (Å²) in [6.07, 6.45) is 1.52. The van der Waals surface area contributed by atoms with E-state index in [-0.39, 0.29) is 5.92 Å². The van der Waals surface area contributed by atoms with Gasteiger partial charge in [-0.25, -0.2) is 0 Å².